The molecule has 0 atom stereocenters. The smallest absolute Gasteiger partial charge is 0.243 e. The van der Waals surface area contributed by atoms with E-state index in [9.17, 15) is 17.6 Å². The Bertz CT molecular complexity index is 711. The molecule has 7 heteroatoms. The van der Waals surface area contributed by atoms with Gasteiger partial charge in [0.1, 0.15) is 5.82 Å². The Hall–Kier alpha value is -1.47. The normalized spacial score (nSPS) is 17.0. The van der Waals surface area contributed by atoms with Crippen LogP contribution in [0.3, 0.4) is 0 Å². The maximum Gasteiger partial charge on any atom is 0.243 e. The SMILES string of the molecule is Cc1cc(F)ccc1S(=O)(=O)N1CCC(C(=O)NCCC(C)C)CC1. The monoisotopic (exact) mass is 370 g/mol. The maximum absolute atomic E-state index is 13.2. The van der Waals surface area contributed by atoms with Crippen molar-refractivity contribution in [3.05, 3.63) is 29.6 Å². The van der Waals surface area contributed by atoms with Crippen molar-refractivity contribution in [3.63, 3.8) is 0 Å². The fourth-order valence-corrected chi connectivity index (χ4v) is 4.70. The van der Waals surface area contributed by atoms with Gasteiger partial charge in [-0.2, -0.15) is 4.31 Å². The van der Waals surface area contributed by atoms with Gasteiger partial charge in [-0.15, -0.1) is 0 Å². The van der Waals surface area contributed by atoms with Gasteiger partial charge in [0, 0.05) is 25.6 Å². The van der Waals surface area contributed by atoms with E-state index in [0.717, 1.165) is 12.5 Å². The van der Waals surface area contributed by atoms with Gasteiger partial charge in [0.15, 0.2) is 0 Å². The average molecular weight is 370 g/mol. The summed E-state index contributed by atoms with van der Waals surface area (Å²) in [6.45, 7) is 7.07. The first-order valence-electron chi connectivity index (χ1n) is 8.76. The number of aryl methyl sites for hydroxylation is 1. The highest BCUT2D eigenvalue weighted by Gasteiger charge is 2.32. The topological polar surface area (TPSA) is 66.5 Å². The number of rotatable bonds is 6. The lowest BCUT2D eigenvalue weighted by atomic mass is 9.97. The Morgan fingerprint density at radius 2 is 1.96 bits per heavy atom. The minimum Gasteiger partial charge on any atom is -0.356 e. The van der Waals surface area contributed by atoms with Crippen LogP contribution in [-0.4, -0.2) is 38.3 Å². The summed E-state index contributed by atoms with van der Waals surface area (Å²) in [5.74, 6) is -0.0527. The standard InChI is InChI=1S/C18H27FN2O3S/c1-13(2)6-9-20-18(22)15-7-10-21(11-8-15)25(23,24)17-5-4-16(19)12-14(17)3/h4-5,12-13,15H,6-11H2,1-3H3,(H,20,22). The molecule has 0 saturated carbocycles. The highest BCUT2D eigenvalue weighted by Crippen LogP contribution is 2.26. The number of piperidine rings is 1. The van der Waals surface area contributed by atoms with E-state index in [2.05, 4.69) is 19.2 Å². The summed E-state index contributed by atoms with van der Waals surface area (Å²) in [4.78, 5) is 12.3. The molecule has 2 rings (SSSR count). The Morgan fingerprint density at radius 1 is 1.32 bits per heavy atom. The van der Waals surface area contributed by atoms with Crippen molar-refractivity contribution in [2.75, 3.05) is 19.6 Å². The van der Waals surface area contributed by atoms with Crippen LogP contribution in [0.4, 0.5) is 4.39 Å². The van der Waals surface area contributed by atoms with E-state index >= 15 is 0 Å². The Kier molecular flexibility index (Phi) is 6.57. The lowest BCUT2D eigenvalue weighted by Gasteiger charge is -2.31. The Balaban J connectivity index is 1.96. The number of hydrogen-bond acceptors (Lipinski definition) is 3. The summed E-state index contributed by atoms with van der Waals surface area (Å²) in [5.41, 5.74) is 0.397. The molecule has 1 aromatic carbocycles. The molecule has 5 nitrogen and oxygen atoms in total. The van der Waals surface area contributed by atoms with Crippen LogP contribution in [0.1, 0.15) is 38.7 Å². The number of hydrogen-bond donors (Lipinski definition) is 1. The van der Waals surface area contributed by atoms with Crippen LogP contribution in [0.15, 0.2) is 23.1 Å². The van der Waals surface area contributed by atoms with E-state index in [4.69, 9.17) is 0 Å². The van der Waals surface area contributed by atoms with Crippen molar-refractivity contribution in [1.29, 1.82) is 0 Å². The van der Waals surface area contributed by atoms with Crippen molar-refractivity contribution in [2.24, 2.45) is 11.8 Å². The van der Waals surface area contributed by atoms with E-state index in [1.807, 2.05) is 0 Å². The van der Waals surface area contributed by atoms with E-state index in [1.165, 1.54) is 16.4 Å². The van der Waals surface area contributed by atoms with Crippen molar-refractivity contribution in [1.82, 2.24) is 9.62 Å². The number of amides is 1. The summed E-state index contributed by atoms with van der Waals surface area (Å²) in [7, 11) is -3.65. The van der Waals surface area contributed by atoms with Crippen LogP contribution in [0.5, 0.6) is 0 Å². The van der Waals surface area contributed by atoms with Gasteiger partial charge in [-0.3, -0.25) is 4.79 Å². The van der Waals surface area contributed by atoms with Gasteiger partial charge in [0.2, 0.25) is 15.9 Å². The van der Waals surface area contributed by atoms with Gasteiger partial charge in [-0.1, -0.05) is 13.8 Å². The number of sulfonamides is 1. The number of halogens is 1. The van der Waals surface area contributed by atoms with Gasteiger partial charge in [-0.25, -0.2) is 12.8 Å². The van der Waals surface area contributed by atoms with Gasteiger partial charge in [0.25, 0.3) is 0 Å². The van der Waals surface area contributed by atoms with Crippen molar-refractivity contribution >= 4 is 15.9 Å². The summed E-state index contributed by atoms with van der Waals surface area (Å²) in [6, 6.07) is 3.70. The van der Waals surface area contributed by atoms with Gasteiger partial charge in [0.05, 0.1) is 4.90 Å². The van der Waals surface area contributed by atoms with Crippen molar-refractivity contribution in [3.8, 4) is 0 Å². The molecule has 0 radical (unpaired) electrons. The van der Waals surface area contributed by atoms with E-state index in [-0.39, 0.29) is 16.7 Å². The summed E-state index contributed by atoms with van der Waals surface area (Å²) >= 11 is 0. The quantitative estimate of drug-likeness (QED) is 0.837. The fraction of sp³-hybridized carbons (Fsp3) is 0.611. The van der Waals surface area contributed by atoms with Crippen LogP contribution in [0, 0.1) is 24.6 Å². The maximum atomic E-state index is 13.2. The van der Waals surface area contributed by atoms with E-state index < -0.39 is 15.8 Å². The van der Waals surface area contributed by atoms with E-state index in [1.54, 1.807) is 6.92 Å². The molecule has 1 saturated heterocycles. The van der Waals surface area contributed by atoms with Crippen LogP contribution in [-0.2, 0) is 14.8 Å². The van der Waals surface area contributed by atoms with Gasteiger partial charge in [-0.05, 0) is 55.9 Å². The molecule has 0 spiro atoms. The molecule has 140 valence electrons. The van der Waals surface area contributed by atoms with Crippen LogP contribution in [0.25, 0.3) is 0 Å². The Labute approximate surface area is 149 Å². The van der Waals surface area contributed by atoms with Gasteiger partial charge >= 0.3 is 0 Å². The molecule has 0 aliphatic carbocycles. The second-order valence-electron chi connectivity index (χ2n) is 7.06. The van der Waals surface area contributed by atoms with Crippen molar-refractivity contribution < 1.29 is 17.6 Å². The van der Waals surface area contributed by atoms with Crippen molar-refractivity contribution in [2.45, 2.75) is 44.9 Å². The zero-order valence-electron chi connectivity index (χ0n) is 15.1. The number of nitrogens with zero attached hydrogens (tertiary/aromatic N) is 1. The average Bonchev–Trinajstić information content (AvgIpc) is 2.54. The summed E-state index contributed by atoms with van der Waals surface area (Å²) in [6.07, 6.45) is 1.95. The van der Waals surface area contributed by atoms with Crippen LogP contribution >= 0.6 is 0 Å². The molecule has 1 fully saturated rings. The van der Waals surface area contributed by atoms with Crippen LogP contribution in [0.2, 0.25) is 0 Å². The highest BCUT2D eigenvalue weighted by atomic mass is 32.2. The second kappa shape index (κ2) is 8.27. The summed E-state index contributed by atoms with van der Waals surface area (Å²) < 4.78 is 40.1. The molecule has 0 unspecified atom stereocenters. The molecule has 0 bridgehead atoms. The first-order valence-corrected chi connectivity index (χ1v) is 10.2. The number of carbonyl (C=O) groups excluding carboxylic acids is 1. The predicted octanol–water partition coefficient (Wildman–Crippen LogP) is 2.70. The molecule has 25 heavy (non-hydrogen) atoms. The molecule has 0 aromatic heterocycles. The molecule has 1 aromatic rings. The molecular weight excluding hydrogens is 343 g/mol. The Morgan fingerprint density at radius 3 is 2.52 bits per heavy atom. The molecule has 1 heterocycles. The number of carbonyl (C=O) groups is 1. The molecule has 1 aliphatic rings. The van der Waals surface area contributed by atoms with E-state index in [0.29, 0.717) is 44.0 Å². The molecule has 1 aliphatic heterocycles. The predicted molar refractivity (Wildman–Crippen MR) is 95.1 cm³/mol. The zero-order chi connectivity index (χ0) is 18.6. The molecular formula is C18H27FN2O3S. The lowest BCUT2D eigenvalue weighted by Crippen LogP contribution is -2.43. The fourth-order valence-electron chi connectivity index (χ4n) is 3.03. The second-order valence-corrected chi connectivity index (χ2v) is 8.97. The lowest BCUT2D eigenvalue weighted by molar-refractivity contribution is -0.126. The summed E-state index contributed by atoms with van der Waals surface area (Å²) in [5, 5.41) is 2.94. The zero-order valence-corrected chi connectivity index (χ0v) is 15.9. The third-order valence-electron chi connectivity index (χ3n) is 4.60. The number of nitrogens with one attached hydrogen (secondary N) is 1. The first kappa shape index (κ1) is 19.8. The first-order chi connectivity index (χ1) is 11.7. The molecule has 1 amide bonds. The van der Waals surface area contributed by atoms with Crippen LogP contribution < -0.4 is 5.32 Å². The highest BCUT2D eigenvalue weighted by molar-refractivity contribution is 7.89. The minimum absolute atomic E-state index is 0.00987. The van der Waals surface area contributed by atoms with Gasteiger partial charge < -0.3 is 5.32 Å². The minimum atomic E-state index is -3.65. The third-order valence-corrected chi connectivity index (χ3v) is 6.66. The number of benzene rings is 1. The molecule has 1 N–H and O–H groups in total. The largest absolute Gasteiger partial charge is 0.356 e. The third kappa shape index (κ3) is 5.01.